The molecule has 5 heteroatoms. The maximum Gasteiger partial charge on any atom is 0.337 e. The van der Waals surface area contributed by atoms with Crippen molar-refractivity contribution in [3.8, 4) is 0 Å². The van der Waals surface area contributed by atoms with Crippen molar-refractivity contribution in [1.82, 2.24) is 4.90 Å². The second-order valence-corrected chi connectivity index (χ2v) is 5.61. The minimum Gasteiger partial charge on any atom is -0.478 e. The van der Waals surface area contributed by atoms with Crippen molar-refractivity contribution in [2.45, 2.75) is 39.2 Å². The quantitative estimate of drug-likeness (QED) is 0.894. The third-order valence-electron chi connectivity index (χ3n) is 3.82. The van der Waals surface area contributed by atoms with Crippen LogP contribution in [0.25, 0.3) is 0 Å². The maximum atomic E-state index is 12.4. The first-order valence-corrected chi connectivity index (χ1v) is 7.38. The van der Waals surface area contributed by atoms with Crippen LogP contribution < -0.4 is 5.32 Å². The Labute approximate surface area is 125 Å². The average molecular weight is 290 g/mol. The summed E-state index contributed by atoms with van der Waals surface area (Å²) in [5.41, 5.74) is 1.58. The molecule has 1 saturated heterocycles. The molecule has 1 fully saturated rings. The number of amides is 1. The molecule has 114 valence electrons. The summed E-state index contributed by atoms with van der Waals surface area (Å²) < 4.78 is 0. The summed E-state index contributed by atoms with van der Waals surface area (Å²) in [6, 6.07) is 4.75. The minimum absolute atomic E-state index is 0.0339. The number of hydrogen-bond acceptors (Lipinski definition) is 3. The first kappa shape index (κ1) is 15.4. The third-order valence-corrected chi connectivity index (χ3v) is 3.82. The van der Waals surface area contributed by atoms with Gasteiger partial charge in [0.15, 0.2) is 0 Å². The Morgan fingerprint density at radius 3 is 2.52 bits per heavy atom. The van der Waals surface area contributed by atoms with E-state index < -0.39 is 12.0 Å². The minimum atomic E-state index is -0.987. The fraction of sp³-hybridized carbons (Fsp3) is 0.500. The SMILES string of the molecule is Cc1ccc(NC(C)C(=O)N2CCCCC2)c(C(=O)O)c1. The molecule has 0 saturated carbocycles. The number of carbonyl (C=O) groups excluding carboxylic acids is 1. The lowest BCUT2D eigenvalue weighted by atomic mass is 10.1. The van der Waals surface area contributed by atoms with E-state index in [0.717, 1.165) is 31.5 Å². The molecule has 1 aromatic rings. The number of rotatable bonds is 4. The highest BCUT2D eigenvalue weighted by molar-refractivity contribution is 5.95. The third kappa shape index (κ3) is 3.74. The lowest BCUT2D eigenvalue weighted by Crippen LogP contribution is -2.44. The lowest BCUT2D eigenvalue weighted by Gasteiger charge is -2.30. The van der Waals surface area contributed by atoms with Crippen LogP contribution >= 0.6 is 0 Å². The van der Waals surface area contributed by atoms with Gasteiger partial charge in [-0.15, -0.1) is 0 Å². The molecule has 2 rings (SSSR count). The van der Waals surface area contributed by atoms with Gasteiger partial charge in [-0.3, -0.25) is 4.79 Å². The molecule has 0 spiro atoms. The van der Waals surface area contributed by atoms with Crippen LogP contribution in [0.5, 0.6) is 0 Å². The van der Waals surface area contributed by atoms with E-state index in [0.29, 0.717) is 5.69 Å². The molecule has 0 radical (unpaired) electrons. The number of carboxylic acids is 1. The molecule has 1 aliphatic rings. The molecule has 5 nitrogen and oxygen atoms in total. The summed E-state index contributed by atoms with van der Waals surface area (Å²) in [7, 11) is 0. The number of hydrogen-bond donors (Lipinski definition) is 2. The predicted octanol–water partition coefficient (Wildman–Crippen LogP) is 2.51. The van der Waals surface area contributed by atoms with Crippen LogP contribution in [0.3, 0.4) is 0 Å². The molecular formula is C16H22N2O3. The lowest BCUT2D eigenvalue weighted by molar-refractivity contribution is -0.132. The number of nitrogens with zero attached hydrogens (tertiary/aromatic N) is 1. The van der Waals surface area contributed by atoms with E-state index in [9.17, 15) is 14.7 Å². The van der Waals surface area contributed by atoms with E-state index >= 15 is 0 Å². The van der Waals surface area contributed by atoms with Crippen LogP contribution in [0.15, 0.2) is 18.2 Å². The first-order valence-electron chi connectivity index (χ1n) is 7.38. The van der Waals surface area contributed by atoms with Crippen LogP contribution in [-0.4, -0.2) is 41.0 Å². The number of aryl methyl sites for hydroxylation is 1. The van der Waals surface area contributed by atoms with Gasteiger partial charge in [-0.25, -0.2) is 4.79 Å². The highest BCUT2D eigenvalue weighted by Gasteiger charge is 2.23. The number of carbonyl (C=O) groups is 2. The van der Waals surface area contributed by atoms with Crippen molar-refractivity contribution >= 4 is 17.6 Å². The normalized spacial score (nSPS) is 16.4. The van der Waals surface area contributed by atoms with E-state index in [1.807, 2.05) is 17.9 Å². The van der Waals surface area contributed by atoms with Crippen molar-refractivity contribution in [1.29, 1.82) is 0 Å². The number of anilines is 1. The fourth-order valence-electron chi connectivity index (χ4n) is 2.64. The van der Waals surface area contributed by atoms with E-state index in [1.54, 1.807) is 19.1 Å². The number of piperidine rings is 1. The molecule has 1 unspecified atom stereocenters. The standard InChI is InChI=1S/C16H22N2O3/c1-11-6-7-14(13(10-11)16(20)21)17-12(2)15(19)18-8-4-3-5-9-18/h6-7,10,12,17H,3-5,8-9H2,1-2H3,(H,20,21). The average Bonchev–Trinajstić information content (AvgIpc) is 2.49. The Bertz CT molecular complexity index is 536. The second kappa shape index (κ2) is 6.61. The van der Waals surface area contributed by atoms with Gasteiger partial charge in [0.1, 0.15) is 6.04 Å². The molecule has 0 aliphatic carbocycles. The van der Waals surface area contributed by atoms with Crippen LogP contribution in [0.1, 0.15) is 42.1 Å². The largest absolute Gasteiger partial charge is 0.478 e. The Hall–Kier alpha value is -2.04. The molecule has 0 bridgehead atoms. The van der Waals surface area contributed by atoms with Crippen LogP contribution in [-0.2, 0) is 4.79 Å². The van der Waals surface area contributed by atoms with Crippen LogP contribution in [0.2, 0.25) is 0 Å². The van der Waals surface area contributed by atoms with Gasteiger partial charge in [-0.1, -0.05) is 11.6 Å². The van der Waals surface area contributed by atoms with Crippen molar-refractivity contribution in [3.63, 3.8) is 0 Å². The Morgan fingerprint density at radius 1 is 1.24 bits per heavy atom. The molecule has 1 atom stereocenters. The second-order valence-electron chi connectivity index (χ2n) is 5.61. The molecule has 1 amide bonds. The molecule has 2 N–H and O–H groups in total. The van der Waals surface area contributed by atoms with Gasteiger partial charge in [0, 0.05) is 18.8 Å². The Kier molecular flexibility index (Phi) is 4.83. The maximum absolute atomic E-state index is 12.4. The Morgan fingerprint density at radius 2 is 1.90 bits per heavy atom. The summed E-state index contributed by atoms with van der Waals surface area (Å²) in [6.45, 7) is 5.22. The van der Waals surface area contributed by atoms with Crippen molar-refractivity contribution in [2.24, 2.45) is 0 Å². The zero-order valence-corrected chi connectivity index (χ0v) is 12.6. The number of benzene rings is 1. The van der Waals surface area contributed by atoms with E-state index in [1.165, 1.54) is 6.42 Å². The fourth-order valence-corrected chi connectivity index (χ4v) is 2.64. The van der Waals surface area contributed by atoms with Gasteiger partial charge in [-0.2, -0.15) is 0 Å². The number of nitrogens with one attached hydrogen (secondary N) is 1. The van der Waals surface area contributed by atoms with Crippen LogP contribution in [0.4, 0.5) is 5.69 Å². The summed E-state index contributed by atoms with van der Waals surface area (Å²) in [5.74, 6) is -0.953. The monoisotopic (exact) mass is 290 g/mol. The van der Waals surface area contributed by atoms with E-state index in [2.05, 4.69) is 5.32 Å². The van der Waals surface area contributed by atoms with Gasteiger partial charge in [0.05, 0.1) is 5.56 Å². The number of aromatic carboxylic acids is 1. The summed E-state index contributed by atoms with van der Waals surface area (Å²) in [4.78, 5) is 25.5. The topological polar surface area (TPSA) is 69.6 Å². The molecule has 1 aliphatic heterocycles. The zero-order chi connectivity index (χ0) is 15.4. The summed E-state index contributed by atoms with van der Waals surface area (Å²) in [6.07, 6.45) is 3.26. The van der Waals surface area contributed by atoms with Crippen LogP contribution in [0, 0.1) is 6.92 Å². The molecule has 0 aromatic heterocycles. The van der Waals surface area contributed by atoms with Crippen molar-refractivity contribution < 1.29 is 14.7 Å². The van der Waals surface area contributed by atoms with E-state index in [4.69, 9.17) is 0 Å². The first-order chi connectivity index (χ1) is 9.99. The highest BCUT2D eigenvalue weighted by Crippen LogP contribution is 2.19. The highest BCUT2D eigenvalue weighted by atomic mass is 16.4. The summed E-state index contributed by atoms with van der Waals surface area (Å²) >= 11 is 0. The number of carboxylic acid groups (broad SMARTS) is 1. The van der Waals surface area contributed by atoms with Crippen molar-refractivity contribution in [2.75, 3.05) is 18.4 Å². The molecule has 21 heavy (non-hydrogen) atoms. The number of likely N-dealkylation sites (tertiary alicyclic amines) is 1. The Balaban J connectivity index is 2.10. The molecule has 1 aromatic carbocycles. The van der Waals surface area contributed by atoms with Crippen molar-refractivity contribution in [3.05, 3.63) is 29.3 Å². The zero-order valence-electron chi connectivity index (χ0n) is 12.6. The summed E-state index contributed by atoms with van der Waals surface area (Å²) in [5, 5.41) is 12.3. The predicted molar refractivity (Wildman–Crippen MR) is 81.7 cm³/mol. The van der Waals surface area contributed by atoms with Gasteiger partial charge in [-0.05, 0) is 45.2 Å². The van der Waals surface area contributed by atoms with Gasteiger partial charge in [0.2, 0.25) is 5.91 Å². The van der Waals surface area contributed by atoms with Gasteiger partial charge < -0.3 is 15.3 Å². The van der Waals surface area contributed by atoms with E-state index in [-0.39, 0.29) is 11.5 Å². The smallest absolute Gasteiger partial charge is 0.337 e. The molecular weight excluding hydrogens is 268 g/mol. The van der Waals surface area contributed by atoms with Gasteiger partial charge >= 0.3 is 5.97 Å². The van der Waals surface area contributed by atoms with Gasteiger partial charge in [0.25, 0.3) is 0 Å². The molecule has 1 heterocycles.